The number of hydrogen-bond donors (Lipinski definition) is 8. The van der Waals surface area contributed by atoms with Crippen molar-refractivity contribution >= 4 is 0 Å². The molecule has 0 radical (unpaired) electrons. The SMILES string of the molecule is Cc1cc(C2Oc3c(c(O)cc(O)c3C3c4c(O)cccc4OC(c4ccc(O)c(O)c4)C3O)CC2O)ccc1O. The molecule has 212 valence electrons. The Bertz CT molecular complexity index is 1670. The van der Waals surface area contributed by atoms with Crippen LogP contribution in [0.5, 0.6) is 46.0 Å². The van der Waals surface area contributed by atoms with Crippen LogP contribution in [-0.4, -0.2) is 53.1 Å². The molecule has 4 aromatic carbocycles. The number of rotatable bonds is 3. The molecule has 0 amide bonds. The molecule has 8 N–H and O–H groups in total. The lowest BCUT2D eigenvalue weighted by Gasteiger charge is -2.40. The number of ether oxygens (including phenoxy) is 2. The lowest BCUT2D eigenvalue weighted by atomic mass is 9.77. The number of benzene rings is 4. The Labute approximate surface area is 234 Å². The van der Waals surface area contributed by atoms with E-state index in [9.17, 15) is 40.9 Å². The Morgan fingerprint density at radius 1 is 0.634 bits per heavy atom. The molecule has 0 aliphatic carbocycles. The topological polar surface area (TPSA) is 180 Å². The summed E-state index contributed by atoms with van der Waals surface area (Å²) in [5, 5.41) is 85.6. The van der Waals surface area contributed by atoms with Gasteiger partial charge in [0.2, 0.25) is 0 Å². The molecule has 0 fully saturated rings. The third-order valence-corrected chi connectivity index (χ3v) is 7.83. The molecule has 5 atom stereocenters. The quantitative estimate of drug-likeness (QED) is 0.171. The summed E-state index contributed by atoms with van der Waals surface area (Å²) in [6.45, 7) is 1.70. The second-order valence-corrected chi connectivity index (χ2v) is 10.4. The summed E-state index contributed by atoms with van der Waals surface area (Å²) in [7, 11) is 0. The van der Waals surface area contributed by atoms with Gasteiger partial charge in [-0.25, -0.2) is 0 Å². The van der Waals surface area contributed by atoms with E-state index in [-0.39, 0.29) is 57.6 Å². The van der Waals surface area contributed by atoms with Crippen LogP contribution >= 0.6 is 0 Å². The Kier molecular flexibility index (Phi) is 6.24. The first kappa shape index (κ1) is 26.4. The van der Waals surface area contributed by atoms with Gasteiger partial charge < -0.3 is 50.3 Å². The summed E-state index contributed by atoms with van der Waals surface area (Å²) < 4.78 is 12.4. The highest BCUT2D eigenvalue weighted by molar-refractivity contribution is 5.65. The van der Waals surface area contributed by atoms with E-state index in [0.29, 0.717) is 16.7 Å². The van der Waals surface area contributed by atoms with E-state index in [4.69, 9.17) is 9.47 Å². The summed E-state index contributed by atoms with van der Waals surface area (Å²) in [6.07, 6.45) is -4.69. The van der Waals surface area contributed by atoms with Gasteiger partial charge in [0.05, 0.1) is 12.0 Å². The van der Waals surface area contributed by atoms with Gasteiger partial charge in [-0.15, -0.1) is 0 Å². The van der Waals surface area contributed by atoms with Crippen molar-refractivity contribution in [1.29, 1.82) is 0 Å². The van der Waals surface area contributed by atoms with Gasteiger partial charge in [0.15, 0.2) is 17.6 Å². The smallest absolute Gasteiger partial charge is 0.157 e. The van der Waals surface area contributed by atoms with Crippen LogP contribution < -0.4 is 9.47 Å². The van der Waals surface area contributed by atoms with Crippen molar-refractivity contribution in [3.8, 4) is 46.0 Å². The highest BCUT2D eigenvalue weighted by Gasteiger charge is 2.45. The average molecular weight is 561 g/mol. The Morgan fingerprint density at radius 3 is 2.05 bits per heavy atom. The second-order valence-electron chi connectivity index (χ2n) is 10.4. The number of aryl methyl sites for hydroxylation is 1. The lowest BCUT2D eigenvalue weighted by molar-refractivity contribution is 0.00130. The van der Waals surface area contributed by atoms with Crippen LogP contribution in [0.4, 0.5) is 0 Å². The molecule has 6 rings (SSSR count). The summed E-state index contributed by atoms with van der Waals surface area (Å²) in [6, 6.07) is 14.3. The molecular weight excluding hydrogens is 532 g/mol. The minimum absolute atomic E-state index is 0.0241. The first-order valence-electron chi connectivity index (χ1n) is 13.0. The maximum atomic E-state index is 11.8. The number of phenols is 6. The maximum absolute atomic E-state index is 11.8. The highest BCUT2D eigenvalue weighted by atomic mass is 16.5. The van der Waals surface area contributed by atoms with Crippen molar-refractivity contribution in [3.63, 3.8) is 0 Å². The zero-order chi connectivity index (χ0) is 29.2. The number of hydrogen-bond acceptors (Lipinski definition) is 10. The largest absolute Gasteiger partial charge is 0.508 e. The van der Waals surface area contributed by atoms with Crippen LogP contribution in [0.1, 0.15) is 51.5 Å². The number of aromatic hydroxyl groups is 6. The molecular formula is C31H28O10. The zero-order valence-electron chi connectivity index (χ0n) is 21.8. The van der Waals surface area contributed by atoms with E-state index in [0.717, 1.165) is 6.07 Å². The molecule has 0 bridgehead atoms. The van der Waals surface area contributed by atoms with Gasteiger partial charge in [-0.1, -0.05) is 18.2 Å². The van der Waals surface area contributed by atoms with Crippen LogP contribution in [-0.2, 0) is 6.42 Å². The monoisotopic (exact) mass is 560 g/mol. The average Bonchev–Trinajstić information content (AvgIpc) is 2.93. The van der Waals surface area contributed by atoms with Gasteiger partial charge in [0.1, 0.15) is 46.7 Å². The number of fused-ring (bicyclic) bond motifs is 2. The van der Waals surface area contributed by atoms with E-state index in [1.54, 1.807) is 31.2 Å². The maximum Gasteiger partial charge on any atom is 0.157 e. The molecule has 0 spiro atoms. The third-order valence-electron chi connectivity index (χ3n) is 7.83. The van der Waals surface area contributed by atoms with Gasteiger partial charge in [-0.05, 0) is 60.0 Å². The first-order chi connectivity index (χ1) is 19.5. The van der Waals surface area contributed by atoms with Crippen molar-refractivity contribution in [2.75, 3.05) is 0 Å². The number of aliphatic hydroxyl groups excluding tert-OH is 2. The van der Waals surface area contributed by atoms with Gasteiger partial charge in [0.25, 0.3) is 0 Å². The fourth-order valence-electron chi connectivity index (χ4n) is 5.79. The van der Waals surface area contributed by atoms with E-state index in [2.05, 4.69) is 0 Å². The summed E-state index contributed by atoms with van der Waals surface area (Å²) >= 11 is 0. The number of aliphatic hydroxyl groups is 2. The fraction of sp³-hybridized carbons (Fsp3) is 0.226. The molecule has 0 aromatic heterocycles. The fourth-order valence-corrected chi connectivity index (χ4v) is 5.79. The van der Waals surface area contributed by atoms with Gasteiger partial charge in [0, 0.05) is 29.2 Å². The van der Waals surface area contributed by atoms with Crippen LogP contribution in [0.15, 0.2) is 60.7 Å². The predicted molar refractivity (Wildman–Crippen MR) is 145 cm³/mol. The van der Waals surface area contributed by atoms with E-state index >= 15 is 0 Å². The van der Waals surface area contributed by atoms with E-state index in [1.165, 1.54) is 30.3 Å². The Balaban J connectivity index is 1.54. The molecule has 2 aliphatic rings. The second kappa shape index (κ2) is 9.69. The van der Waals surface area contributed by atoms with Crippen LogP contribution in [0.25, 0.3) is 0 Å². The van der Waals surface area contributed by atoms with E-state index in [1.807, 2.05) is 0 Å². The molecule has 41 heavy (non-hydrogen) atoms. The minimum Gasteiger partial charge on any atom is -0.508 e. The highest BCUT2D eigenvalue weighted by Crippen LogP contribution is 2.56. The van der Waals surface area contributed by atoms with Crippen molar-refractivity contribution in [2.24, 2.45) is 0 Å². The summed E-state index contributed by atoms with van der Waals surface area (Å²) in [5.41, 5.74) is 1.83. The molecule has 10 nitrogen and oxygen atoms in total. The first-order valence-corrected chi connectivity index (χ1v) is 13.0. The Morgan fingerprint density at radius 2 is 1.34 bits per heavy atom. The van der Waals surface area contributed by atoms with Crippen molar-refractivity contribution in [1.82, 2.24) is 0 Å². The van der Waals surface area contributed by atoms with Crippen LogP contribution in [0, 0.1) is 6.92 Å². The van der Waals surface area contributed by atoms with E-state index < -0.39 is 41.8 Å². The molecule has 4 aromatic rings. The zero-order valence-corrected chi connectivity index (χ0v) is 21.8. The molecule has 2 aliphatic heterocycles. The molecule has 2 heterocycles. The molecule has 0 saturated heterocycles. The standard InChI is InChI=1S/C31H28O10/c1-13-9-14(5-7-17(13)32)29-23(38)11-16-20(35)12-22(37)26(31(16)41-29)27-25-19(34)3-2-4-24(25)40-30(28(27)39)15-6-8-18(33)21(36)10-15/h2-10,12,23,27-30,32-39H,11H2,1H3. The van der Waals surface area contributed by atoms with Crippen molar-refractivity contribution in [3.05, 3.63) is 94.0 Å². The minimum atomic E-state index is -1.47. The lowest BCUT2D eigenvalue weighted by Crippen LogP contribution is -2.36. The normalized spacial score (nSPS) is 23.1. The van der Waals surface area contributed by atoms with Gasteiger partial charge in [-0.2, -0.15) is 0 Å². The van der Waals surface area contributed by atoms with Gasteiger partial charge in [-0.3, -0.25) is 0 Å². The van der Waals surface area contributed by atoms with Crippen LogP contribution in [0.2, 0.25) is 0 Å². The molecule has 0 saturated carbocycles. The number of phenolic OH excluding ortho intramolecular Hbond substituents is 6. The van der Waals surface area contributed by atoms with Crippen molar-refractivity contribution < 1.29 is 50.3 Å². The van der Waals surface area contributed by atoms with Gasteiger partial charge >= 0.3 is 0 Å². The predicted octanol–water partition coefficient (Wildman–Crippen LogP) is 3.89. The van der Waals surface area contributed by atoms with Crippen LogP contribution in [0.3, 0.4) is 0 Å². The van der Waals surface area contributed by atoms with Crippen molar-refractivity contribution in [2.45, 2.75) is 43.7 Å². The molecule has 5 unspecified atom stereocenters. The molecule has 10 heteroatoms. The summed E-state index contributed by atoms with van der Waals surface area (Å²) in [5.74, 6) is -2.62. The third kappa shape index (κ3) is 4.28. The summed E-state index contributed by atoms with van der Waals surface area (Å²) in [4.78, 5) is 0. The Hall–Kier alpha value is -4.80.